The van der Waals surface area contributed by atoms with Crippen molar-refractivity contribution in [2.45, 2.75) is 45.8 Å². The van der Waals surface area contributed by atoms with Crippen LogP contribution < -0.4 is 15.0 Å². The van der Waals surface area contributed by atoms with E-state index in [1.165, 1.54) is 17.0 Å². The van der Waals surface area contributed by atoms with E-state index in [1.807, 2.05) is 37.4 Å². The number of hydrogen-bond acceptors (Lipinski definition) is 5. The number of morpholine rings is 1. The molecule has 2 aliphatic rings. The second-order valence-electron chi connectivity index (χ2n) is 9.71. The van der Waals surface area contributed by atoms with Crippen molar-refractivity contribution in [1.82, 2.24) is 19.8 Å². The van der Waals surface area contributed by atoms with E-state index in [1.54, 1.807) is 0 Å². The highest BCUT2D eigenvalue weighted by Gasteiger charge is 2.42. The van der Waals surface area contributed by atoms with E-state index in [0.29, 0.717) is 11.7 Å². The van der Waals surface area contributed by atoms with Crippen LogP contribution in [0.2, 0.25) is 0 Å². The molecule has 4 heterocycles. The molecule has 37 heavy (non-hydrogen) atoms. The van der Waals surface area contributed by atoms with Gasteiger partial charge in [-0.15, -0.1) is 0 Å². The fourth-order valence-corrected chi connectivity index (χ4v) is 5.91. The fraction of sp³-hybridized carbons (Fsp3) is 0.448. The summed E-state index contributed by atoms with van der Waals surface area (Å²) in [5.41, 5.74) is 5.87. The zero-order chi connectivity index (χ0) is 25.8. The topological polar surface area (TPSA) is 54.8 Å². The molecule has 2 aliphatic heterocycles. The maximum Gasteiger partial charge on any atom is 0.174 e. The number of aryl methyl sites for hydroxylation is 1. The normalized spacial score (nSPS) is 20.3. The van der Waals surface area contributed by atoms with E-state index < -0.39 is 0 Å². The third-order valence-corrected chi connectivity index (χ3v) is 7.73. The number of nitrogens with one attached hydrogen (secondary N) is 1. The number of pyridine rings is 1. The van der Waals surface area contributed by atoms with Gasteiger partial charge in [0.05, 0.1) is 37.6 Å². The van der Waals surface area contributed by atoms with Crippen LogP contribution >= 0.6 is 12.2 Å². The van der Waals surface area contributed by atoms with Crippen LogP contribution in [0.5, 0.6) is 5.75 Å². The molecular formula is C29H37N5O2S. The minimum atomic E-state index is -0.0532. The van der Waals surface area contributed by atoms with Crippen LogP contribution in [0.15, 0.2) is 54.7 Å². The van der Waals surface area contributed by atoms with Crippen LogP contribution in [0.4, 0.5) is 5.69 Å². The minimum absolute atomic E-state index is 0.0143. The summed E-state index contributed by atoms with van der Waals surface area (Å²) in [6, 6.07) is 16.6. The molecule has 1 aromatic carbocycles. The molecule has 0 unspecified atom stereocenters. The van der Waals surface area contributed by atoms with E-state index >= 15 is 0 Å². The molecular weight excluding hydrogens is 482 g/mol. The van der Waals surface area contributed by atoms with E-state index in [4.69, 9.17) is 26.7 Å². The Hall–Kier alpha value is -2.94. The number of hydrogen-bond donors (Lipinski definition) is 1. The van der Waals surface area contributed by atoms with Crippen molar-refractivity contribution < 1.29 is 9.47 Å². The maximum absolute atomic E-state index is 5.92. The van der Waals surface area contributed by atoms with Crippen molar-refractivity contribution in [3.05, 3.63) is 77.4 Å². The van der Waals surface area contributed by atoms with Crippen molar-refractivity contribution in [1.29, 1.82) is 0 Å². The molecule has 2 atom stereocenters. The molecule has 8 heteroatoms. The average molecular weight is 520 g/mol. The predicted molar refractivity (Wildman–Crippen MR) is 151 cm³/mol. The van der Waals surface area contributed by atoms with Gasteiger partial charge in [0.15, 0.2) is 5.11 Å². The van der Waals surface area contributed by atoms with Gasteiger partial charge in [0.25, 0.3) is 0 Å². The summed E-state index contributed by atoms with van der Waals surface area (Å²) in [4.78, 5) is 9.45. The van der Waals surface area contributed by atoms with Crippen LogP contribution in [0.25, 0.3) is 0 Å². The smallest absolute Gasteiger partial charge is 0.174 e. The number of anilines is 1. The fourth-order valence-electron chi connectivity index (χ4n) is 5.57. The van der Waals surface area contributed by atoms with Crippen molar-refractivity contribution in [2.24, 2.45) is 0 Å². The molecule has 2 saturated heterocycles. The lowest BCUT2D eigenvalue weighted by Gasteiger charge is -2.28. The Morgan fingerprint density at radius 3 is 2.57 bits per heavy atom. The third kappa shape index (κ3) is 5.51. The third-order valence-electron chi connectivity index (χ3n) is 7.42. The van der Waals surface area contributed by atoms with E-state index in [2.05, 4.69) is 57.8 Å². The number of ether oxygens (including phenoxy) is 2. The Balaban J connectivity index is 1.45. The van der Waals surface area contributed by atoms with Gasteiger partial charge < -0.3 is 24.3 Å². The first-order valence-corrected chi connectivity index (χ1v) is 13.7. The van der Waals surface area contributed by atoms with Gasteiger partial charge in [0, 0.05) is 49.5 Å². The van der Waals surface area contributed by atoms with E-state index in [9.17, 15) is 0 Å². The highest BCUT2D eigenvalue weighted by molar-refractivity contribution is 7.80. The second kappa shape index (κ2) is 11.6. The first-order valence-electron chi connectivity index (χ1n) is 13.3. The first-order chi connectivity index (χ1) is 18.1. The summed E-state index contributed by atoms with van der Waals surface area (Å²) in [6.45, 7) is 12.9. The van der Waals surface area contributed by atoms with Gasteiger partial charge in [-0.1, -0.05) is 6.07 Å². The van der Waals surface area contributed by atoms with Gasteiger partial charge in [-0.25, -0.2) is 0 Å². The molecule has 196 valence electrons. The molecule has 2 aromatic heterocycles. The molecule has 0 bridgehead atoms. The van der Waals surface area contributed by atoms with Gasteiger partial charge in [0.1, 0.15) is 5.75 Å². The number of nitrogens with zero attached hydrogens (tertiary/aromatic N) is 4. The lowest BCUT2D eigenvalue weighted by Crippen LogP contribution is -2.37. The Bertz CT molecular complexity index is 1190. The van der Waals surface area contributed by atoms with Crippen molar-refractivity contribution in [2.75, 3.05) is 44.4 Å². The highest BCUT2D eigenvalue weighted by Crippen LogP contribution is 2.43. The van der Waals surface area contributed by atoms with Crippen LogP contribution in [-0.4, -0.2) is 59.0 Å². The molecule has 1 N–H and O–H groups in total. The van der Waals surface area contributed by atoms with Gasteiger partial charge in [-0.05, 0) is 87.4 Å². The van der Waals surface area contributed by atoms with Crippen molar-refractivity contribution in [3.8, 4) is 5.75 Å². The summed E-state index contributed by atoms with van der Waals surface area (Å²) in [5, 5.41) is 4.30. The molecule has 5 rings (SSSR count). The highest BCUT2D eigenvalue weighted by atomic mass is 32.1. The lowest BCUT2D eigenvalue weighted by atomic mass is 9.96. The number of thiocarbonyl (C=S) groups is 1. The number of rotatable bonds is 9. The van der Waals surface area contributed by atoms with Crippen LogP contribution in [-0.2, 0) is 11.3 Å². The first kappa shape index (κ1) is 25.7. The van der Waals surface area contributed by atoms with Crippen LogP contribution in [0, 0.1) is 13.8 Å². The lowest BCUT2D eigenvalue weighted by molar-refractivity contribution is 0.0369. The molecule has 2 fully saturated rings. The molecule has 0 spiro atoms. The SMILES string of the molecule is CCOc1ccc(N2C(=S)N[C@@H](c3ccccn3)[C@@H]2c2cc(C)n(CCCN3CCOCC3)c2C)cc1. The van der Waals surface area contributed by atoms with Gasteiger partial charge >= 0.3 is 0 Å². The Morgan fingerprint density at radius 1 is 1.08 bits per heavy atom. The molecule has 0 amide bonds. The monoisotopic (exact) mass is 519 g/mol. The average Bonchev–Trinajstić information content (AvgIpc) is 3.41. The summed E-state index contributed by atoms with van der Waals surface area (Å²) in [7, 11) is 0. The molecule has 0 radical (unpaired) electrons. The summed E-state index contributed by atoms with van der Waals surface area (Å²) in [6.07, 6.45) is 2.97. The van der Waals surface area contributed by atoms with Crippen LogP contribution in [0.3, 0.4) is 0 Å². The maximum atomic E-state index is 5.92. The Labute approximate surface area is 225 Å². The summed E-state index contributed by atoms with van der Waals surface area (Å²) >= 11 is 5.92. The largest absolute Gasteiger partial charge is 0.494 e. The molecule has 7 nitrogen and oxygen atoms in total. The van der Waals surface area contributed by atoms with E-state index in [0.717, 1.165) is 62.9 Å². The molecule has 0 aliphatic carbocycles. The molecule has 0 saturated carbocycles. The zero-order valence-electron chi connectivity index (χ0n) is 22.0. The van der Waals surface area contributed by atoms with Gasteiger partial charge in [0.2, 0.25) is 0 Å². The molecule has 3 aromatic rings. The van der Waals surface area contributed by atoms with Gasteiger partial charge in [-0.2, -0.15) is 0 Å². The Kier molecular flexibility index (Phi) is 8.08. The predicted octanol–water partition coefficient (Wildman–Crippen LogP) is 4.80. The van der Waals surface area contributed by atoms with Crippen molar-refractivity contribution >= 4 is 23.0 Å². The van der Waals surface area contributed by atoms with Gasteiger partial charge in [-0.3, -0.25) is 9.88 Å². The minimum Gasteiger partial charge on any atom is -0.494 e. The standard InChI is InChI=1S/C29H37N5O2S/c1-4-36-24-11-9-23(10-12-24)34-28(27(31-29(34)37)26-8-5-6-13-30-26)25-20-21(2)33(22(25)3)15-7-14-32-16-18-35-19-17-32/h5-6,8-13,20,27-28H,4,7,14-19H2,1-3H3,(H,31,37)/t27-,28-/m0/s1. The van der Waals surface area contributed by atoms with Crippen LogP contribution in [0.1, 0.15) is 48.1 Å². The van der Waals surface area contributed by atoms with Crippen molar-refractivity contribution in [3.63, 3.8) is 0 Å². The summed E-state index contributed by atoms with van der Waals surface area (Å²) < 4.78 is 13.6. The number of benzene rings is 1. The van der Waals surface area contributed by atoms with E-state index in [-0.39, 0.29) is 12.1 Å². The Morgan fingerprint density at radius 2 is 1.86 bits per heavy atom. The number of aromatic nitrogens is 2. The zero-order valence-corrected chi connectivity index (χ0v) is 22.8. The summed E-state index contributed by atoms with van der Waals surface area (Å²) in [5.74, 6) is 0.862. The quantitative estimate of drug-likeness (QED) is 0.408. The second-order valence-corrected chi connectivity index (χ2v) is 10.1.